The molecular formula is C17H16N2O4. The van der Waals surface area contributed by atoms with Crippen LogP contribution < -0.4 is 5.32 Å². The van der Waals surface area contributed by atoms with Gasteiger partial charge in [0.05, 0.1) is 12.8 Å². The molecule has 0 unspecified atom stereocenters. The Balaban J connectivity index is 2.23. The average molecular weight is 312 g/mol. The summed E-state index contributed by atoms with van der Waals surface area (Å²) in [6, 6.07) is 13.6. The zero-order chi connectivity index (χ0) is 16.8. The van der Waals surface area contributed by atoms with Gasteiger partial charge in [-0.3, -0.25) is 0 Å². The number of hydrogen-bond acceptors (Lipinski definition) is 4. The van der Waals surface area contributed by atoms with Crippen molar-refractivity contribution in [2.45, 2.75) is 6.92 Å². The molecule has 2 aromatic rings. The Labute approximate surface area is 133 Å². The van der Waals surface area contributed by atoms with Gasteiger partial charge >= 0.3 is 12.0 Å². The lowest BCUT2D eigenvalue weighted by atomic mass is 10.0. The molecule has 6 heteroatoms. The van der Waals surface area contributed by atoms with E-state index in [0.717, 1.165) is 11.1 Å². The topological polar surface area (TPSA) is 88.0 Å². The Hall–Kier alpha value is -3.15. The van der Waals surface area contributed by atoms with Crippen molar-refractivity contribution in [3.8, 4) is 16.9 Å². The van der Waals surface area contributed by atoms with Crippen LogP contribution in [-0.4, -0.2) is 29.9 Å². The van der Waals surface area contributed by atoms with Gasteiger partial charge in [0.2, 0.25) is 0 Å². The van der Waals surface area contributed by atoms with Crippen molar-refractivity contribution in [1.29, 1.82) is 0 Å². The number of nitrogens with zero attached hydrogens (tertiary/aromatic N) is 1. The van der Waals surface area contributed by atoms with Gasteiger partial charge in [-0.05, 0) is 30.2 Å². The maximum Gasteiger partial charge on any atom is 0.352 e. The molecular weight excluding hydrogens is 296 g/mol. The number of carbonyl (C=O) groups is 2. The van der Waals surface area contributed by atoms with E-state index in [0.29, 0.717) is 0 Å². The first kappa shape index (κ1) is 16.2. The third-order valence-electron chi connectivity index (χ3n) is 3.10. The molecule has 6 nitrogen and oxygen atoms in total. The van der Waals surface area contributed by atoms with Crippen LogP contribution in [-0.2, 0) is 9.53 Å². The number of urea groups is 1. The number of aliphatic imine (C=N–C) groups is 1. The molecule has 0 radical (unpaired) electrons. The summed E-state index contributed by atoms with van der Waals surface area (Å²) < 4.78 is 4.46. The number of methoxy groups -OCH3 is 1. The van der Waals surface area contributed by atoms with Gasteiger partial charge in [-0.1, -0.05) is 36.4 Å². The average Bonchev–Trinajstić information content (AvgIpc) is 2.56. The summed E-state index contributed by atoms with van der Waals surface area (Å²) in [5.41, 5.74) is 1.89. The minimum absolute atomic E-state index is 0.0799. The van der Waals surface area contributed by atoms with E-state index in [1.807, 2.05) is 30.3 Å². The van der Waals surface area contributed by atoms with Crippen LogP contribution in [0.3, 0.4) is 0 Å². The van der Waals surface area contributed by atoms with Gasteiger partial charge in [-0.2, -0.15) is 4.99 Å². The fourth-order valence-electron chi connectivity index (χ4n) is 1.94. The zero-order valence-electron chi connectivity index (χ0n) is 12.7. The molecule has 0 fully saturated rings. The minimum Gasteiger partial charge on any atom is -0.506 e. The van der Waals surface area contributed by atoms with E-state index in [9.17, 15) is 14.7 Å². The number of hydrogen-bond donors (Lipinski definition) is 2. The summed E-state index contributed by atoms with van der Waals surface area (Å²) in [6.45, 7) is 1.37. The largest absolute Gasteiger partial charge is 0.506 e. The number of benzene rings is 2. The van der Waals surface area contributed by atoms with Crippen LogP contribution in [0, 0.1) is 0 Å². The maximum atomic E-state index is 11.8. The van der Waals surface area contributed by atoms with Crippen molar-refractivity contribution >= 4 is 23.4 Å². The Kier molecular flexibility index (Phi) is 5.09. The van der Waals surface area contributed by atoms with Gasteiger partial charge < -0.3 is 15.2 Å². The molecule has 2 rings (SSSR count). The molecule has 0 aliphatic heterocycles. The number of rotatable bonds is 3. The van der Waals surface area contributed by atoms with Crippen LogP contribution in [0.4, 0.5) is 10.5 Å². The van der Waals surface area contributed by atoms with Crippen molar-refractivity contribution in [3.63, 3.8) is 0 Å². The second kappa shape index (κ2) is 7.22. The highest BCUT2D eigenvalue weighted by Gasteiger charge is 2.11. The molecule has 0 atom stereocenters. The highest BCUT2D eigenvalue weighted by molar-refractivity contribution is 6.37. The summed E-state index contributed by atoms with van der Waals surface area (Å²) in [7, 11) is 1.20. The minimum atomic E-state index is -0.770. The van der Waals surface area contributed by atoms with E-state index < -0.39 is 12.0 Å². The standard InChI is InChI=1S/C17H16N2O4/c1-11(16(21)23-2)18-17(22)19-14-10-13(8-9-15(14)20)12-6-4-3-5-7-12/h3-10,20H,1-2H3,(H,19,22). The zero-order valence-corrected chi connectivity index (χ0v) is 12.7. The Bertz CT molecular complexity index is 754. The van der Waals surface area contributed by atoms with Crippen LogP contribution in [0.1, 0.15) is 6.92 Å². The van der Waals surface area contributed by atoms with Crippen LogP contribution in [0.2, 0.25) is 0 Å². The molecule has 0 saturated heterocycles. The molecule has 2 N–H and O–H groups in total. The quantitative estimate of drug-likeness (QED) is 0.517. The van der Waals surface area contributed by atoms with E-state index in [2.05, 4.69) is 15.0 Å². The van der Waals surface area contributed by atoms with Gasteiger partial charge in [-0.15, -0.1) is 0 Å². The van der Waals surface area contributed by atoms with E-state index in [-0.39, 0.29) is 17.1 Å². The predicted molar refractivity (Wildman–Crippen MR) is 87.7 cm³/mol. The number of ether oxygens (including phenoxy) is 1. The third-order valence-corrected chi connectivity index (χ3v) is 3.10. The number of amides is 2. The van der Waals surface area contributed by atoms with Gasteiger partial charge in [0.1, 0.15) is 11.5 Å². The molecule has 2 aromatic carbocycles. The molecule has 0 saturated carbocycles. The van der Waals surface area contributed by atoms with E-state index in [4.69, 9.17) is 0 Å². The van der Waals surface area contributed by atoms with Crippen LogP contribution in [0.25, 0.3) is 11.1 Å². The van der Waals surface area contributed by atoms with E-state index in [1.165, 1.54) is 20.1 Å². The first-order valence-electron chi connectivity index (χ1n) is 6.84. The van der Waals surface area contributed by atoms with Gasteiger partial charge in [0, 0.05) is 0 Å². The Morgan fingerprint density at radius 2 is 1.78 bits per heavy atom. The first-order chi connectivity index (χ1) is 11.0. The summed E-state index contributed by atoms with van der Waals surface area (Å²) in [5.74, 6) is -0.786. The summed E-state index contributed by atoms with van der Waals surface area (Å²) >= 11 is 0. The fourth-order valence-corrected chi connectivity index (χ4v) is 1.94. The lowest BCUT2D eigenvalue weighted by molar-refractivity contribution is -0.132. The maximum absolute atomic E-state index is 11.8. The molecule has 118 valence electrons. The second-order valence-electron chi connectivity index (χ2n) is 4.72. The van der Waals surface area contributed by atoms with Gasteiger partial charge in [0.15, 0.2) is 0 Å². The van der Waals surface area contributed by atoms with Crippen LogP contribution in [0.15, 0.2) is 53.5 Å². The smallest absolute Gasteiger partial charge is 0.352 e. The Morgan fingerprint density at radius 1 is 1.09 bits per heavy atom. The molecule has 0 bridgehead atoms. The number of aromatic hydroxyl groups is 1. The molecule has 0 aliphatic carbocycles. The highest BCUT2D eigenvalue weighted by Crippen LogP contribution is 2.29. The molecule has 0 heterocycles. The number of phenols is 1. The van der Waals surface area contributed by atoms with Crippen molar-refractivity contribution in [2.24, 2.45) is 4.99 Å². The number of nitrogens with one attached hydrogen (secondary N) is 1. The van der Waals surface area contributed by atoms with Gasteiger partial charge in [0.25, 0.3) is 0 Å². The van der Waals surface area contributed by atoms with Crippen molar-refractivity contribution in [2.75, 3.05) is 12.4 Å². The van der Waals surface area contributed by atoms with Crippen molar-refractivity contribution < 1.29 is 19.4 Å². The summed E-state index contributed by atoms with van der Waals surface area (Å²) in [6.07, 6.45) is 0. The summed E-state index contributed by atoms with van der Waals surface area (Å²) in [4.78, 5) is 26.6. The summed E-state index contributed by atoms with van der Waals surface area (Å²) in [5, 5.41) is 12.3. The molecule has 23 heavy (non-hydrogen) atoms. The van der Waals surface area contributed by atoms with Crippen molar-refractivity contribution in [1.82, 2.24) is 0 Å². The van der Waals surface area contributed by atoms with E-state index >= 15 is 0 Å². The molecule has 0 aliphatic rings. The van der Waals surface area contributed by atoms with E-state index in [1.54, 1.807) is 12.1 Å². The number of carbonyl (C=O) groups excluding carboxylic acids is 2. The van der Waals surface area contributed by atoms with Crippen LogP contribution >= 0.6 is 0 Å². The molecule has 0 aromatic heterocycles. The van der Waals surface area contributed by atoms with Crippen LogP contribution in [0.5, 0.6) is 5.75 Å². The number of phenolic OH excluding ortho intramolecular Hbond substituents is 1. The molecule has 2 amide bonds. The highest BCUT2D eigenvalue weighted by atomic mass is 16.5. The predicted octanol–water partition coefficient (Wildman–Crippen LogP) is 3.23. The second-order valence-corrected chi connectivity index (χ2v) is 4.72. The SMILES string of the molecule is COC(=O)C(C)=NC(=O)Nc1cc(-c2ccccc2)ccc1O. The fraction of sp³-hybridized carbons (Fsp3) is 0.118. The monoisotopic (exact) mass is 312 g/mol. The lowest BCUT2D eigenvalue weighted by Gasteiger charge is -2.08. The van der Waals surface area contributed by atoms with Crippen molar-refractivity contribution in [3.05, 3.63) is 48.5 Å². The third kappa shape index (κ3) is 4.16. The Morgan fingerprint density at radius 3 is 2.43 bits per heavy atom. The van der Waals surface area contributed by atoms with Gasteiger partial charge in [-0.25, -0.2) is 9.59 Å². The lowest BCUT2D eigenvalue weighted by Crippen LogP contribution is -2.16. The normalized spacial score (nSPS) is 11.0. The number of anilines is 1. The first-order valence-corrected chi connectivity index (χ1v) is 6.84. The number of esters is 1. The molecule has 0 spiro atoms.